The Kier molecular flexibility index (Phi) is 10.9. The lowest BCUT2D eigenvalue weighted by atomic mass is 9.73. The summed E-state index contributed by atoms with van der Waals surface area (Å²) in [6.07, 6.45) is -7.53. The smallest absolute Gasteiger partial charge is 0.416 e. The second-order valence-corrected chi connectivity index (χ2v) is 10.7. The minimum atomic E-state index is -4.99. The quantitative estimate of drug-likeness (QED) is 0.204. The topological polar surface area (TPSA) is 157 Å². The molecule has 4 atom stereocenters. The first-order valence-corrected chi connectivity index (χ1v) is 13.0. The molecule has 0 aliphatic carbocycles. The van der Waals surface area contributed by atoms with Crippen molar-refractivity contribution in [3.8, 4) is 5.75 Å². The fraction of sp³-hybridized carbons (Fsp3) is 0.630. The average Bonchev–Trinajstić information content (AvgIpc) is 3.40. The zero-order valence-corrected chi connectivity index (χ0v) is 23.3. The molecule has 1 saturated heterocycles. The van der Waals surface area contributed by atoms with Gasteiger partial charge in [0, 0.05) is 5.41 Å². The van der Waals surface area contributed by atoms with E-state index in [1.165, 1.54) is 52.0 Å². The Morgan fingerprint density at radius 1 is 1.15 bits per heavy atom. The van der Waals surface area contributed by atoms with Gasteiger partial charge in [0.1, 0.15) is 12.4 Å². The van der Waals surface area contributed by atoms with E-state index in [0.29, 0.717) is 12.0 Å². The second-order valence-electron chi connectivity index (χ2n) is 10.7. The van der Waals surface area contributed by atoms with Gasteiger partial charge in [0.25, 0.3) is 0 Å². The number of aliphatic hydroxyl groups excluding tert-OH is 1. The van der Waals surface area contributed by atoms with E-state index in [4.69, 9.17) is 15.2 Å². The summed E-state index contributed by atoms with van der Waals surface area (Å²) in [5.41, 5.74) is 3.04. The van der Waals surface area contributed by atoms with Crippen LogP contribution in [0, 0.1) is 11.3 Å². The summed E-state index contributed by atoms with van der Waals surface area (Å²) in [4.78, 5) is 51.8. The molecule has 10 nitrogen and oxygen atoms in total. The molecule has 1 aromatic rings. The third-order valence-electron chi connectivity index (χ3n) is 7.17. The molecule has 0 radical (unpaired) electrons. The van der Waals surface area contributed by atoms with Crippen LogP contribution in [-0.4, -0.2) is 78.2 Å². The van der Waals surface area contributed by atoms with Crippen molar-refractivity contribution in [2.24, 2.45) is 17.1 Å². The molecule has 1 aliphatic heterocycles. The standard InChI is InChI=1S/C27H38F3N3O7/c1-6-39-23(37)16-8-10-17(11-9-16)40-14-18(34)25(4,5)20(31)22(36)26(12-7-13-32-26)24(38)33-19(15(2)3)21(35)27(28,29)30/h8-11,15,19-21,32,35H,6-7,12-14,31H2,1-5H3,(H,33,38)/t19?,20-,21?,26+/m1/s1. The Labute approximate surface area is 231 Å². The van der Waals surface area contributed by atoms with Crippen LogP contribution in [0.4, 0.5) is 13.2 Å². The second kappa shape index (κ2) is 13.1. The van der Waals surface area contributed by atoms with Crippen LogP contribution in [0.25, 0.3) is 0 Å². The van der Waals surface area contributed by atoms with Crippen LogP contribution in [0.2, 0.25) is 0 Å². The number of alkyl halides is 3. The molecule has 1 heterocycles. The van der Waals surface area contributed by atoms with Crippen molar-refractivity contribution in [2.75, 3.05) is 19.8 Å². The molecule has 1 aliphatic rings. The molecule has 40 heavy (non-hydrogen) atoms. The van der Waals surface area contributed by atoms with Crippen LogP contribution in [0.5, 0.6) is 5.75 Å². The van der Waals surface area contributed by atoms with Crippen LogP contribution in [-0.2, 0) is 19.1 Å². The molecule has 224 valence electrons. The molecule has 2 rings (SSSR count). The van der Waals surface area contributed by atoms with E-state index < -0.39 is 71.3 Å². The average molecular weight is 574 g/mol. The number of aliphatic hydroxyl groups is 1. The first-order chi connectivity index (χ1) is 18.5. The van der Waals surface area contributed by atoms with E-state index in [1.54, 1.807) is 6.92 Å². The lowest BCUT2D eigenvalue weighted by molar-refractivity contribution is -0.215. The van der Waals surface area contributed by atoms with Gasteiger partial charge < -0.3 is 25.6 Å². The van der Waals surface area contributed by atoms with E-state index in [9.17, 15) is 37.5 Å². The van der Waals surface area contributed by atoms with Gasteiger partial charge in [-0.3, -0.25) is 19.7 Å². The number of Topliss-reactive ketones (excluding diaryl/α,β-unsaturated/α-hetero) is 2. The fourth-order valence-electron chi connectivity index (χ4n) is 4.35. The summed E-state index contributed by atoms with van der Waals surface area (Å²) >= 11 is 0. The maximum absolute atomic E-state index is 13.6. The summed E-state index contributed by atoms with van der Waals surface area (Å²) in [7, 11) is 0. The highest BCUT2D eigenvalue weighted by molar-refractivity contribution is 6.14. The maximum atomic E-state index is 13.6. The summed E-state index contributed by atoms with van der Waals surface area (Å²) < 4.78 is 50.1. The molecule has 0 spiro atoms. The van der Waals surface area contributed by atoms with Crippen LogP contribution < -0.4 is 21.1 Å². The highest BCUT2D eigenvalue weighted by Crippen LogP contribution is 2.31. The van der Waals surface area contributed by atoms with Gasteiger partial charge in [0.2, 0.25) is 5.91 Å². The highest BCUT2D eigenvalue weighted by atomic mass is 19.4. The number of nitrogens with one attached hydrogen (secondary N) is 2. The molecular weight excluding hydrogens is 535 g/mol. The predicted octanol–water partition coefficient (Wildman–Crippen LogP) is 1.92. The van der Waals surface area contributed by atoms with Gasteiger partial charge in [-0.1, -0.05) is 27.7 Å². The summed E-state index contributed by atoms with van der Waals surface area (Å²) in [6.45, 7) is 7.25. The van der Waals surface area contributed by atoms with Crippen molar-refractivity contribution < 1.29 is 46.9 Å². The molecule has 0 aromatic heterocycles. The van der Waals surface area contributed by atoms with E-state index in [-0.39, 0.29) is 25.3 Å². The number of carbonyl (C=O) groups is 4. The number of hydrogen-bond acceptors (Lipinski definition) is 9. The number of esters is 1. The molecule has 1 aromatic carbocycles. The van der Waals surface area contributed by atoms with Gasteiger partial charge in [-0.15, -0.1) is 0 Å². The van der Waals surface area contributed by atoms with Crippen molar-refractivity contribution in [1.29, 1.82) is 0 Å². The number of ether oxygens (including phenoxy) is 2. The van der Waals surface area contributed by atoms with Gasteiger partial charge in [0.15, 0.2) is 23.2 Å². The number of rotatable bonds is 13. The van der Waals surface area contributed by atoms with Crippen molar-refractivity contribution in [2.45, 2.75) is 77.4 Å². The van der Waals surface area contributed by atoms with Crippen molar-refractivity contribution in [3.63, 3.8) is 0 Å². The van der Waals surface area contributed by atoms with Crippen molar-refractivity contribution in [1.82, 2.24) is 10.6 Å². The fourth-order valence-corrected chi connectivity index (χ4v) is 4.35. The summed E-state index contributed by atoms with van der Waals surface area (Å²) in [6, 6.07) is 2.64. The Morgan fingerprint density at radius 2 is 1.75 bits per heavy atom. The van der Waals surface area contributed by atoms with Crippen molar-refractivity contribution in [3.05, 3.63) is 29.8 Å². The van der Waals surface area contributed by atoms with E-state index in [1.807, 2.05) is 0 Å². The molecular formula is C27H38F3N3O7. The Balaban J connectivity index is 2.17. The molecule has 0 saturated carbocycles. The minimum absolute atomic E-state index is 0.0497. The highest BCUT2D eigenvalue weighted by Gasteiger charge is 2.55. The molecule has 0 bridgehead atoms. The van der Waals surface area contributed by atoms with Gasteiger partial charge >= 0.3 is 12.1 Å². The Hall–Kier alpha value is -3.03. The molecule has 2 unspecified atom stereocenters. The van der Waals surface area contributed by atoms with Crippen LogP contribution >= 0.6 is 0 Å². The minimum Gasteiger partial charge on any atom is -0.486 e. The lowest BCUT2D eigenvalue weighted by Crippen LogP contribution is -2.68. The largest absolute Gasteiger partial charge is 0.486 e. The maximum Gasteiger partial charge on any atom is 0.416 e. The van der Waals surface area contributed by atoms with Gasteiger partial charge in [0.05, 0.1) is 24.3 Å². The third kappa shape index (κ3) is 7.38. The van der Waals surface area contributed by atoms with Crippen LogP contribution in [0.3, 0.4) is 0 Å². The Bertz CT molecular complexity index is 1070. The molecule has 5 N–H and O–H groups in total. The van der Waals surface area contributed by atoms with E-state index in [2.05, 4.69) is 10.6 Å². The van der Waals surface area contributed by atoms with Crippen molar-refractivity contribution >= 4 is 23.4 Å². The summed E-state index contributed by atoms with van der Waals surface area (Å²) in [5, 5.41) is 14.8. The SMILES string of the molecule is CCOC(=O)c1ccc(OCC(=O)C(C)(C)[C@H](N)C(=O)[C@]2(C(=O)NC(C(C)C)C(O)C(F)(F)F)CCCN2)cc1. The zero-order valence-electron chi connectivity index (χ0n) is 23.3. The number of hydrogen-bond donors (Lipinski definition) is 4. The normalized spacial score (nSPS) is 20.0. The lowest BCUT2D eigenvalue weighted by Gasteiger charge is -2.37. The predicted molar refractivity (Wildman–Crippen MR) is 138 cm³/mol. The third-order valence-corrected chi connectivity index (χ3v) is 7.17. The number of ketones is 2. The molecule has 13 heteroatoms. The first-order valence-electron chi connectivity index (χ1n) is 13.0. The van der Waals surface area contributed by atoms with E-state index >= 15 is 0 Å². The van der Waals surface area contributed by atoms with E-state index in [0.717, 1.165) is 0 Å². The monoisotopic (exact) mass is 573 g/mol. The number of benzene rings is 1. The number of nitrogens with two attached hydrogens (primary N) is 1. The number of carbonyl (C=O) groups excluding carboxylic acids is 4. The van der Waals surface area contributed by atoms with Gasteiger partial charge in [-0.05, 0) is 56.5 Å². The number of amides is 1. The Morgan fingerprint density at radius 3 is 2.23 bits per heavy atom. The van der Waals surface area contributed by atoms with Gasteiger partial charge in [-0.25, -0.2) is 4.79 Å². The molecule has 1 fully saturated rings. The van der Waals surface area contributed by atoms with Gasteiger partial charge in [-0.2, -0.15) is 13.2 Å². The van der Waals surface area contributed by atoms with Crippen LogP contribution in [0.1, 0.15) is 57.8 Å². The van der Waals surface area contributed by atoms with Crippen LogP contribution in [0.15, 0.2) is 24.3 Å². The number of halogens is 3. The zero-order chi connectivity index (χ0) is 30.5. The first kappa shape index (κ1) is 33.2. The summed E-state index contributed by atoms with van der Waals surface area (Å²) in [5.74, 6) is -3.53. The molecule has 1 amide bonds.